The standard InChI is InChI=1S/C8H10BrNO/c1-7-3-2-6-10(7)8(11)4-5-9/h7H,2-3,6H2,1H3. The molecule has 1 atom stereocenters. The van der Waals surface area contributed by atoms with Gasteiger partial charge in [0.15, 0.2) is 0 Å². The van der Waals surface area contributed by atoms with Gasteiger partial charge in [-0.15, -0.1) is 0 Å². The van der Waals surface area contributed by atoms with Crippen LogP contribution in [0.3, 0.4) is 0 Å². The summed E-state index contributed by atoms with van der Waals surface area (Å²) < 4.78 is 0. The molecule has 1 aliphatic heterocycles. The van der Waals surface area contributed by atoms with Crippen LogP contribution in [-0.2, 0) is 4.79 Å². The minimum atomic E-state index is -0.0631. The van der Waals surface area contributed by atoms with Gasteiger partial charge in [0.25, 0.3) is 5.91 Å². The van der Waals surface area contributed by atoms with Gasteiger partial charge in [-0.2, -0.15) is 0 Å². The maximum absolute atomic E-state index is 11.2. The SMILES string of the molecule is CC1CCCN1C(=O)C#CBr. The van der Waals surface area contributed by atoms with Gasteiger partial charge < -0.3 is 4.90 Å². The van der Waals surface area contributed by atoms with Gasteiger partial charge in [0, 0.05) is 34.4 Å². The van der Waals surface area contributed by atoms with Crippen LogP contribution in [-0.4, -0.2) is 23.4 Å². The van der Waals surface area contributed by atoms with Gasteiger partial charge in [0.05, 0.1) is 0 Å². The quantitative estimate of drug-likeness (QED) is 0.560. The van der Waals surface area contributed by atoms with Crippen LogP contribution >= 0.6 is 15.9 Å². The van der Waals surface area contributed by atoms with Crippen molar-refractivity contribution in [2.24, 2.45) is 0 Å². The first-order valence-electron chi connectivity index (χ1n) is 3.68. The third-order valence-electron chi connectivity index (χ3n) is 1.97. The van der Waals surface area contributed by atoms with Crippen molar-refractivity contribution in [3.05, 3.63) is 0 Å². The van der Waals surface area contributed by atoms with Crippen LogP contribution in [0.1, 0.15) is 19.8 Å². The van der Waals surface area contributed by atoms with Crippen LogP contribution in [0.25, 0.3) is 0 Å². The van der Waals surface area contributed by atoms with Crippen LogP contribution in [0.15, 0.2) is 0 Å². The molecule has 1 amide bonds. The van der Waals surface area contributed by atoms with Crippen molar-refractivity contribution in [3.63, 3.8) is 0 Å². The molecule has 3 heteroatoms. The average molecular weight is 216 g/mol. The van der Waals surface area contributed by atoms with E-state index in [4.69, 9.17) is 0 Å². The molecule has 1 aliphatic rings. The molecule has 60 valence electrons. The molecule has 0 aromatic rings. The van der Waals surface area contributed by atoms with Gasteiger partial charge in [-0.25, -0.2) is 0 Å². The Morgan fingerprint density at radius 1 is 1.73 bits per heavy atom. The topological polar surface area (TPSA) is 20.3 Å². The average Bonchev–Trinajstić information content (AvgIpc) is 2.36. The first kappa shape index (κ1) is 8.61. The maximum atomic E-state index is 11.2. The van der Waals surface area contributed by atoms with Gasteiger partial charge in [-0.05, 0) is 24.6 Å². The number of likely N-dealkylation sites (tertiary alicyclic amines) is 1. The fourth-order valence-corrected chi connectivity index (χ4v) is 1.52. The molecule has 1 saturated heterocycles. The summed E-state index contributed by atoms with van der Waals surface area (Å²) in [7, 11) is 0. The van der Waals surface area contributed by atoms with E-state index < -0.39 is 0 Å². The molecular formula is C8H10BrNO. The molecule has 0 aromatic heterocycles. The summed E-state index contributed by atoms with van der Waals surface area (Å²) in [5.74, 6) is 2.41. The number of hydrogen-bond donors (Lipinski definition) is 0. The van der Waals surface area contributed by atoms with Crippen molar-refractivity contribution in [1.29, 1.82) is 0 Å². The lowest BCUT2D eigenvalue weighted by atomic mass is 10.2. The highest BCUT2D eigenvalue weighted by Crippen LogP contribution is 2.15. The molecule has 1 fully saturated rings. The summed E-state index contributed by atoms with van der Waals surface area (Å²) in [6.45, 7) is 2.92. The molecule has 1 rings (SSSR count). The summed E-state index contributed by atoms with van der Waals surface area (Å²) in [5, 5.41) is 0. The van der Waals surface area contributed by atoms with Crippen molar-refractivity contribution in [2.45, 2.75) is 25.8 Å². The Labute approximate surface area is 75.1 Å². The lowest BCUT2D eigenvalue weighted by Gasteiger charge is -2.17. The van der Waals surface area contributed by atoms with Crippen LogP contribution in [0.5, 0.6) is 0 Å². The minimum absolute atomic E-state index is 0.0631. The predicted molar refractivity (Wildman–Crippen MR) is 47.1 cm³/mol. The van der Waals surface area contributed by atoms with Crippen molar-refractivity contribution in [1.82, 2.24) is 4.90 Å². The number of halogens is 1. The van der Waals surface area contributed by atoms with Gasteiger partial charge >= 0.3 is 0 Å². The Bertz CT molecular complexity index is 216. The summed E-state index contributed by atoms with van der Waals surface area (Å²) in [6, 6.07) is 0.371. The number of carbonyl (C=O) groups excluding carboxylic acids is 1. The summed E-state index contributed by atoms with van der Waals surface area (Å²) in [6.07, 6.45) is 2.21. The zero-order valence-corrected chi connectivity index (χ0v) is 8.02. The lowest BCUT2D eigenvalue weighted by Crippen LogP contribution is -2.32. The van der Waals surface area contributed by atoms with Crippen molar-refractivity contribution >= 4 is 21.8 Å². The van der Waals surface area contributed by atoms with E-state index in [9.17, 15) is 4.79 Å². The van der Waals surface area contributed by atoms with E-state index in [1.807, 2.05) is 4.90 Å². The molecule has 0 bridgehead atoms. The summed E-state index contributed by atoms with van der Waals surface area (Å²) in [5.41, 5.74) is 0. The molecule has 0 saturated carbocycles. The maximum Gasteiger partial charge on any atom is 0.299 e. The molecule has 0 spiro atoms. The molecule has 0 N–H and O–H groups in total. The van der Waals surface area contributed by atoms with E-state index in [0.29, 0.717) is 6.04 Å². The summed E-state index contributed by atoms with van der Waals surface area (Å²) in [4.78, 5) is 15.4. The first-order valence-corrected chi connectivity index (χ1v) is 4.47. The minimum Gasteiger partial charge on any atom is -0.329 e. The number of hydrogen-bond acceptors (Lipinski definition) is 1. The Morgan fingerprint density at radius 3 is 2.91 bits per heavy atom. The smallest absolute Gasteiger partial charge is 0.299 e. The summed E-state index contributed by atoms with van der Waals surface area (Å²) >= 11 is 2.91. The largest absolute Gasteiger partial charge is 0.329 e. The van der Waals surface area contributed by atoms with Crippen LogP contribution in [0.2, 0.25) is 0 Å². The second-order valence-electron chi connectivity index (χ2n) is 2.71. The Kier molecular flexibility index (Phi) is 2.95. The van der Waals surface area contributed by atoms with Crippen molar-refractivity contribution in [3.8, 4) is 10.8 Å². The fraction of sp³-hybridized carbons (Fsp3) is 0.625. The molecule has 0 aromatic carbocycles. The molecule has 1 unspecified atom stereocenters. The van der Waals surface area contributed by atoms with E-state index in [2.05, 4.69) is 33.6 Å². The normalized spacial score (nSPS) is 22.7. The van der Waals surface area contributed by atoms with E-state index in [-0.39, 0.29) is 5.91 Å². The van der Waals surface area contributed by atoms with Gasteiger partial charge in [-0.1, -0.05) is 0 Å². The molecule has 0 aliphatic carbocycles. The number of nitrogens with zero attached hydrogens (tertiary/aromatic N) is 1. The second kappa shape index (κ2) is 3.77. The zero-order valence-electron chi connectivity index (χ0n) is 6.43. The van der Waals surface area contributed by atoms with Gasteiger partial charge in [0.1, 0.15) is 0 Å². The van der Waals surface area contributed by atoms with E-state index in [1.54, 1.807) is 0 Å². The molecule has 0 radical (unpaired) electrons. The van der Waals surface area contributed by atoms with Crippen molar-refractivity contribution in [2.75, 3.05) is 6.54 Å². The highest BCUT2D eigenvalue weighted by molar-refractivity contribution is 9.12. The van der Waals surface area contributed by atoms with Crippen LogP contribution in [0.4, 0.5) is 0 Å². The first-order chi connectivity index (χ1) is 5.25. The van der Waals surface area contributed by atoms with E-state index >= 15 is 0 Å². The van der Waals surface area contributed by atoms with Gasteiger partial charge in [-0.3, -0.25) is 4.79 Å². The van der Waals surface area contributed by atoms with Crippen LogP contribution in [0, 0.1) is 10.8 Å². The molecular weight excluding hydrogens is 206 g/mol. The number of carbonyl (C=O) groups is 1. The van der Waals surface area contributed by atoms with Crippen molar-refractivity contribution < 1.29 is 4.79 Å². The molecule has 2 nitrogen and oxygen atoms in total. The van der Waals surface area contributed by atoms with Gasteiger partial charge in [0.2, 0.25) is 0 Å². The highest BCUT2D eigenvalue weighted by atomic mass is 79.9. The van der Waals surface area contributed by atoms with Crippen LogP contribution < -0.4 is 0 Å². The zero-order chi connectivity index (χ0) is 8.27. The Morgan fingerprint density at radius 2 is 2.45 bits per heavy atom. The molecule has 1 heterocycles. The van der Waals surface area contributed by atoms with E-state index in [0.717, 1.165) is 19.4 Å². The third-order valence-corrected chi connectivity index (χ3v) is 2.17. The number of rotatable bonds is 0. The Hall–Kier alpha value is -0.490. The lowest BCUT2D eigenvalue weighted by molar-refractivity contribution is -0.125. The highest BCUT2D eigenvalue weighted by Gasteiger charge is 2.23. The fourth-order valence-electron chi connectivity index (χ4n) is 1.35. The molecule has 11 heavy (non-hydrogen) atoms. The second-order valence-corrected chi connectivity index (χ2v) is 3.11. The Balaban J connectivity index is 2.57. The predicted octanol–water partition coefficient (Wildman–Crippen LogP) is 1.35. The van der Waals surface area contributed by atoms with E-state index in [1.165, 1.54) is 0 Å². The third kappa shape index (κ3) is 1.97. The monoisotopic (exact) mass is 215 g/mol. The number of amides is 1.